The first kappa shape index (κ1) is 12.1. The van der Waals surface area contributed by atoms with Crippen molar-refractivity contribution in [3.63, 3.8) is 0 Å². The SMILES string of the molecule is CCc1ccc(-c2cc[nH]c(=O)c2C(=O)O)cc1. The van der Waals surface area contributed by atoms with Crippen molar-refractivity contribution in [1.82, 2.24) is 4.98 Å². The number of H-pyrrole nitrogens is 1. The maximum absolute atomic E-state index is 11.5. The van der Waals surface area contributed by atoms with E-state index in [1.54, 1.807) is 6.07 Å². The second-order valence-electron chi connectivity index (χ2n) is 3.95. The summed E-state index contributed by atoms with van der Waals surface area (Å²) >= 11 is 0. The van der Waals surface area contributed by atoms with Crippen molar-refractivity contribution in [2.75, 3.05) is 0 Å². The van der Waals surface area contributed by atoms with Crippen LogP contribution in [0, 0.1) is 0 Å². The van der Waals surface area contributed by atoms with Crippen molar-refractivity contribution in [1.29, 1.82) is 0 Å². The van der Waals surface area contributed by atoms with Crippen LogP contribution in [-0.2, 0) is 6.42 Å². The molecule has 0 unspecified atom stereocenters. The fourth-order valence-corrected chi connectivity index (χ4v) is 1.85. The van der Waals surface area contributed by atoms with E-state index >= 15 is 0 Å². The molecular formula is C14H13NO3. The zero-order chi connectivity index (χ0) is 13.1. The number of carboxylic acids is 1. The first-order valence-electron chi connectivity index (χ1n) is 5.67. The summed E-state index contributed by atoms with van der Waals surface area (Å²) in [4.78, 5) is 25.0. The lowest BCUT2D eigenvalue weighted by atomic mass is 10.00. The molecule has 2 N–H and O–H groups in total. The van der Waals surface area contributed by atoms with E-state index in [9.17, 15) is 9.59 Å². The first-order chi connectivity index (χ1) is 8.63. The van der Waals surface area contributed by atoms with Crippen LogP contribution < -0.4 is 5.56 Å². The van der Waals surface area contributed by atoms with Gasteiger partial charge in [-0.3, -0.25) is 4.79 Å². The molecule has 4 heteroatoms. The molecule has 4 nitrogen and oxygen atoms in total. The predicted molar refractivity (Wildman–Crippen MR) is 68.8 cm³/mol. The minimum absolute atomic E-state index is 0.221. The number of benzene rings is 1. The highest BCUT2D eigenvalue weighted by Gasteiger charge is 2.15. The van der Waals surface area contributed by atoms with Crippen molar-refractivity contribution in [2.45, 2.75) is 13.3 Å². The number of aromatic amines is 1. The number of aryl methyl sites for hydroxylation is 1. The lowest BCUT2D eigenvalue weighted by Gasteiger charge is -2.06. The summed E-state index contributed by atoms with van der Waals surface area (Å²) < 4.78 is 0. The Bertz CT molecular complexity index is 626. The summed E-state index contributed by atoms with van der Waals surface area (Å²) in [6.45, 7) is 2.05. The smallest absolute Gasteiger partial charge is 0.341 e. The fraction of sp³-hybridized carbons (Fsp3) is 0.143. The van der Waals surface area contributed by atoms with Gasteiger partial charge in [0.15, 0.2) is 0 Å². The Kier molecular flexibility index (Phi) is 3.28. The van der Waals surface area contributed by atoms with Gasteiger partial charge in [-0.25, -0.2) is 4.79 Å². The number of pyridine rings is 1. The van der Waals surface area contributed by atoms with Gasteiger partial charge in [-0.15, -0.1) is 0 Å². The third-order valence-corrected chi connectivity index (χ3v) is 2.85. The molecule has 1 heterocycles. The van der Waals surface area contributed by atoms with Gasteiger partial charge < -0.3 is 10.1 Å². The zero-order valence-electron chi connectivity index (χ0n) is 9.93. The number of carbonyl (C=O) groups is 1. The lowest BCUT2D eigenvalue weighted by Crippen LogP contribution is -2.18. The first-order valence-corrected chi connectivity index (χ1v) is 5.67. The van der Waals surface area contributed by atoms with Crippen LogP contribution in [-0.4, -0.2) is 16.1 Å². The number of rotatable bonds is 3. The molecule has 0 aliphatic heterocycles. The molecule has 2 rings (SSSR count). The molecule has 0 saturated heterocycles. The number of nitrogens with one attached hydrogen (secondary N) is 1. The zero-order valence-corrected chi connectivity index (χ0v) is 9.93. The molecule has 18 heavy (non-hydrogen) atoms. The predicted octanol–water partition coefficient (Wildman–Crippen LogP) is 2.30. The van der Waals surface area contributed by atoms with Crippen LogP contribution >= 0.6 is 0 Å². The average Bonchev–Trinajstić information content (AvgIpc) is 2.38. The molecule has 0 saturated carbocycles. The summed E-state index contributed by atoms with van der Waals surface area (Å²) in [6.07, 6.45) is 2.37. The third-order valence-electron chi connectivity index (χ3n) is 2.85. The minimum Gasteiger partial charge on any atom is -0.477 e. The van der Waals surface area contributed by atoms with E-state index in [0.717, 1.165) is 12.0 Å². The molecular weight excluding hydrogens is 230 g/mol. The summed E-state index contributed by atoms with van der Waals surface area (Å²) in [7, 11) is 0. The van der Waals surface area contributed by atoms with Crippen LogP contribution in [0.5, 0.6) is 0 Å². The van der Waals surface area contributed by atoms with Gasteiger partial charge >= 0.3 is 5.97 Å². The molecule has 1 aromatic heterocycles. The highest BCUT2D eigenvalue weighted by Crippen LogP contribution is 2.21. The topological polar surface area (TPSA) is 70.2 Å². The number of aromatic carboxylic acids is 1. The molecule has 0 aliphatic carbocycles. The number of aromatic nitrogens is 1. The van der Waals surface area contributed by atoms with Crippen molar-refractivity contribution < 1.29 is 9.90 Å². The summed E-state index contributed by atoms with van der Waals surface area (Å²) in [5.74, 6) is -1.22. The van der Waals surface area contributed by atoms with Gasteiger partial charge in [-0.2, -0.15) is 0 Å². The fourth-order valence-electron chi connectivity index (χ4n) is 1.85. The van der Waals surface area contributed by atoms with Gasteiger partial charge in [0.1, 0.15) is 5.56 Å². The van der Waals surface area contributed by atoms with E-state index in [4.69, 9.17) is 5.11 Å². The van der Waals surface area contributed by atoms with E-state index in [1.807, 2.05) is 31.2 Å². The highest BCUT2D eigenvalue weighted by atomic mass is 16.4. The van der Waals surface area contributed by atoms with Gasteiger partial charge in [0, 0.05) is 11.8 Å². The van der Waals surface area contributed by atoms with E-state index in [1.165, 1.54) is 11.8 Å². The van der Waals surface area contributed by atoms with Crippen LogP contribution in [0.4, 0.5) is 0 Å². The number of hydrogen-bond acceptors (Lipinski definition) is 2. The van der Waals surface area contributed by atoms with Gasteiger partial charge in [0.05, 0.1) is 0 Å². The summed E-state index contributed by atoms with van der Waals surface area (Å²) in [5.41, 5.74) is 1.53. The van der Waals surface area contributed by atoms with Crippen molar-refractivity contribution in [3.8, 4) is 11.1 Å². The molecule has 92 valence electrons. The standard InChI is InChI=1S/C14H13NO3/c1-2-9-3-5-10(6-4-9)11-7-8-15-13(16)12(11)14(17)18/h3-8H,2H2,1H3,(H,15,16)(H,17,18). The molecule has 1 aromatic carbocycles. The molecule has 0 spiro atoms. The van der Waals surface area contributed by atoms with Crippen LogP contribution in [0.2, 0.25) is 0 Å². The highest BCUT2D eigenvalue weighted by molar-refractivity contribution is 5.95. The van der Waals surface area contributed by atoms with Gasteiger partial charge in [0.2, 0.25) is 0 Å². The largest absolute Gasteiger partial charge is 0.477 e. The van der Waals surface area contributed by atoms with Crippen molar-refractivity contribution in [2.24, 2.45) is 0 Å². The lowest BCUT2D eigenvalue weighted by molar-refractivity contribution is 0.0696. The molecule has 0 bridgehead atoms. The number of hydrogen-bond donors (Lipinski definition) is 2. The van der Waals surface area contributed by atoms with E-state index in [-0.39, 0.29) is 5.56 Å². The monoisotopic (exact) mass is 243 g/mol. The normalized spacial score (nSPS) is 10.3. The minimum atomic E-state index is -1.22. The second kappa shape index (κ2) is 4.87. The van der Waals surface area contributed by atoms with E-state index in [2.05, 4.69) is 4.98 Å². The van der Waals surface area contributed by atoms with Crippen LogP contribution in [0.25, 0.3) is 11.1 Å². The number of carboxylic acid groups (broad SMARTS) is 1. The Morgan fingerprint density at radius 2 is 1.89 bits per heavy atom. The maximum atomic E-state index is 11.5. The van der Waals surface area contributed by atoms with Crippen LogP contribution in [0.3, 0.4) is 0 Å². The molecule has 0 aliphatic rings. The Hall–Kier alpha value is -2.36. The molecule has 0 amide bonds. The third kappa shape index (κ3) is 2.18. The second-order valence-corrected chi connectivity index (χ2v) is 3.95. The Morgan fingerprint density at radius 1 is 1.22 bits per heavy atom. The van der Waals surface area contributed by atoms with Crippen LogP contribution in [0.1, 0.15) is 22.8 Å². The molecule has 0 fully saturated rings. The average molecular weight is 243 g/mol. The quantitative estimate of drug-likeness (QED) is 0.869. The molecule has 0 atom stereocenters. The van der Waals surface area contributed by atoms with Gasteiger partial charge in [-0.05, 0) is 23.6 Å². The summed E-state index contributed by atoms with van der Waals surface area (Å²) in [6, 6.07) is 9.14. The molecule has 2 aromatic rings. The van der Waals surface area contributed by atoms with Gasteiger partial charge in [-0.1, -0.05) is 31.2 Å². The van der Waals surface area contributed by atoms with Crippen LogP contribution in [0.15, 0.2) is 41.3 Å². The van der Waals surface area contributed by atoms with Crippen molar-refractivity contribution >= 4 is 5.97 Å². The van der Waals surface area contributed by atoms with E-state index in [0.29, 0.717) is 5.56 Å². The summed E-state index contributed by atoms with van der Waals surface area (Å²) in [5, 5.41) is 9.09. The van der Waals surface area contributed by atoms with E-state index < -0.39 is 11.5 Å². The van der Waals surface area contributed by atoms with Crippen molar-refractivity contribution in [3.05, 3.63) is 58.0 Å². The Balaban J connectivity index is 2.59. The maximum Gasteiger partial charge on any atom is 0.341 e. The van der Waals surface area contributed by atoms with Gasteiger partial charge in [0.25, 0.3) is 5.56 Å². The molecule has 0 radical (unpaired) electrons. The Labute approximate surface area is 104 Å². The Morgan fingerprint density at radius 3 is 2.44 bits per heavy atom.